The molecular formula is C32H43N5O6. The Morgan fingerprint density at radius 1 is 0.860 bits per heavy atom. The molecule has 0 saturated carbocycles. The molecular weight excluding hydrogens is 550 g/mol. The number of carbonyl (C=O) groups excluding carboxylic acids is 3. The maximum Gasteiger partial charge on any atom is 0.326 e. The summed E-state index contributed by atoms with van der Waals surface area (Å²) in [6.45, 7) is 7.62. The van der Waals surface area contributed by atoms with Gasteiger partial charge in [-0.25, -0.2) is 4.79 Å². The van der Waals surface area contributed by atoms with Gasteiger partial charge in [-0.3, -0.25) is 14.4 Å². The summed E-state index contributed by atoms with van der Waals surface area (Å²) in [5.74, 6) is -3.00. The lowest BCUT2D eigenvalue weighted by atomic mass is 9.96. The Balaban J connectivity index is 1.87. The molecule has 0 radical (unpaired) electrons. The van der Waals surface area contributed by atoms with E-state index in [4.69, 9.17) is 5.73 Å². The second-order valence-electron chi connectivity index (χ2n) is 11.5. The van der Waals surface area contributed by atoms with Crippen LogP contribution in [0.15, 0.2) is 54.7 Å². The summed E-state index contributed by atoms with van der Waals surface area (Å²) in [7, 11) is 0. The van der Waals surface area contributed by atoms with Gasteiger partial charge in [0.2, 0.25) is 17.7 Å². The maximum atomic E-state index is 13.7. The molecule has 0 fully saturated rings. The van der Waals surface area contributed by atoms with Crippen LogP contribution in [0.1, 0.15) is 51.7 Å². The Bertz CT molecular complexity index is 1400. The molecule has 11 nitrogen and oxygen atoms in total. The highest BCUT2D eigenvalue weighted by Gasteiger charge is 2.33. The van der Waals surface area contributed by atoms with Gasteiger partial charge < -0.3 is 36.9 Å². The van der Waals surface area contributed by atoms with Crippen LogP contribution < -0.4 is 21.7 Å². The quantitative estimate of drug-likeness (QED) is 0.141. The topological polar surface area (TPSA) is 187 Å². The molecule has 0 aliphatic heterocycles. The molecule has 1 aromatic heterocycles. The number of para-hydroxylation sites is 1. The van der Waals surface area contributed by atoms with E-state index < -0.39 is 47.9 Å². The Morgan fingerprint density at radius 2 is 1.51 bits per heavy atom. The van der Waals surface area contributed by atoms with Gasteiger partial charge in [0.05, 0.1) is 6.04 Å². The number of hydrogen-bond acceptors (Lipinski definition) is 6. The van der Waals surface area contributed by atoms with Crippen LogP contribution in [0.3, 0.4) is 0 Å². The minimum absolute atomic E-state index is 0.0333. The largest absolute Gasteiger partial charge is 0.508 e. The summed E-state index contributed by atoms with van der Waals surface area (Å²) in [6, 6.07) is 9.35. The van der Waals surface area contributed by atoms with E-state index in [1.807, 2.05) is 52.0 Å². The molecule has 2 aromatic carbocycles. The highest BCUT2D eigenvalue weighted by Crippen LogP contribution is 2.20. The second-order valence-corrected chi connectivity index (χ2v) is 11.5. The molecule has 8 N–H and O–H groups in total. The molecule has 0 aliphatic carbocycles. The summed E-state index contributed by atoms with van der Waals surface area (Å²) in [6.07, 6.45) is 2.81. The van der Waals surface area contributed by atoms with E-state index in [9.17, 15) is 29.4 Å². The highest BCUT2D eigenvalue weighted by molar-refractivity contribution is 5.95. The van der Waals surface area contributed by atoms with E-state index in [2.05, 4.69) is 20.9 Å². The number of benzene rings is 2. The minimum atomic E-state index is -1.29. The van der Waals surface area contributed by atoms with Gasteiger partial charge >= 0.3 is 5.97 Å². The van der Waals surface area contributed by atoms with E-state index in [1.54, 1.807) is 18.3 Å². The zero-order valence-corrected chi connectivity index (χ0v) is 25.1. The smallest absolute Gasteiger partial charge is 0.326 e. The van der Waals surface area contributed by atoms with Crippen molar-refractivity contribution in [2.75, 3.05) is 0 Å². The monoisotopic (exact) mass is 593 g/mol. The number of carboxylic acids is 1. The van der Waals surface area contributed by atoms with Crippen molar-refractivity contribution in [3.8, 4) is 5.75 Å². The Morgan fingerprint density at radius 3 is 2.14 bits per heavy atom. The summed E-state index contributed by atoms with van der Waals surface area (Å²) in [5.41, 5.74) is 8.28. The number of aromatic nitrogens is 1. The Hall–Kier alpha value is -4.38. The first-order valence-corrected chi connectivity index (χ1v) is 14.6. The SMILES string of the molecule is CCC(C)C(NC(=O)C(N)CC(C)C)C(=O)NC(Cc1c[nH]c2ccccc12)C(=O)NC(Cc1ccc(O)cc1)C(=O)O. The predicted molar refractivity (Wildman–Crippen MR) is 164 cm³/mol. The van der Waals surface area contributed by atoms with Crippen LogP contribution in [0.2, 0.25) is 0 Å². The number of rotatable bonds is 15. The van der Waals surface area contributed by atoms with E-state index in [0.29, 0.717) is 18.4 Å². The van der Waals surface area contributed by atoms with Crippen molar-refractivity contribution in [2.24, 2.45) is 17.6 Å². The van der Waals surface area contributed by atoms with Crippen LogP contribution in [0.25, 0.3) is 10.9 Å². The van der Waals surface area contributed by atoms with Crippen molar-refractivity contribution < 1.29 is 29.4 Å². The fraction of sp³-hybridized carbons (Fsp3) is 0.438. The molecule has 11 heteroatoms. The normalized spacial score (nSPS) is 14.8. The molecule has 1 heterocycles. The first kappa shape index (κ1) is 33.1. The number of H-pyrrole nitrogens is 1. The summed E-state index contributed by atoms with van der Waals surface area (Å²) >= 11 is 0. The average Bonchev–Trinajstić information content (AvgIpc) is 3.37. The number of aromatic hydroxyl groups is 1. The van der Waals surface area contributed by atoms with Gasteiger partial charge in [-0.2, -0.15) is 0 Å². The van der Waals surface area contributed by atoms with Crippen LogP contribution in [0.4, 0.5) is 0 Å². The van der Waals surface area contributed by atoms with Crippen LogP contribution in [0, 0.1) is 11.8 Å². The lowest BCUT2D eigenvalue weighted by Gasteiger charge is -2.28. The third-order valence-corrected chi connectivity index (χ3v) is 7.58. The van der Waals surface area contributed by atoms with Crippen molar-refractivity contribution in [2.45, 2.75) is 77.5 Å². The summed E-state index contributed by atoms with van der Waals surface area (Å²) in [5, 5.41) is 28.5. The third kappa shape index (κ3) is 9.31. The lowest BCUT2D eigenvalue weighted by Crippen LogP contribution is -2.59. The van der Waals surface area contributed by atoms with Gasteiger partial charge in [0, 0.05) is 29.9 Å². The fourth-order valence-electron chi connectivity index (χ4n) is 4.91. The zero-order valence-electron chi connectivity index (χ0n) is 25.1. The zero-order chi connectivity index (χ0) is 31.7. The summed E-state index contributed by atoms with van der Waals surface area (Å²) in [4.78, 5) is 55.5. The van der Waals surface area contributed by atoms with E-state index in [1.165, 1.54) is 12.1 Å². The number of carboxylic acid groups (broad SMARTS) is 1. The molecule has 0 saturated heterocycles. The van der Waals surface area contributed by atoms with Crippen molar-refractivity contribution in [1.82, 2.24) is 20.9 Å². The maximum absolute atomic E-state index is 13.7. The van der Waals surface area contributed by atoms with Crippen molar-refractivity contribution >= 4 is 34.6 Å². The Kier molecular flexibility index (Phi) is 11.7. The van der Waals surface area contributed by atoms with Crippen molar-refractivity contribution in [3.05, 3.63) is 65.9 Å². The molecule has 232 valence electrons. The number of phenolic OH excluding ortho intramolecular Hbond substituents is 1. The second kappa shape index (κ2) is 15.2. The number of nitrogens with one attached hydrogen (secondary N) is 4. The number of fused-ring (bicyclic) bond motifs is 1. The van der Waals surface area contributed by atoms with Gasteiger partial charge in [0.1, 0.15) is 23.9 Å². The van der Waals surface area contributed by atoms with Gasteiger partial charge in [0.15, 0.2) is 0 Å². The molecule has 5 atom stereocenters. The number of aliphatic carboxylic acids is 1. The van der Waals surface area contributed by atoms with Crippen LogP contribution >= 0.6 is 0 Å². The third-order valence-electron chi connectivity index (χ3n) is 7.58. The van der Waals surface area contributed by atoms with E-state index >= 15 is 0 Å². The fourth-order valence-corrected chi connectivity index (χ4v) is 4.91. The van der Waals surface area contributed by atoms with Gasteiger partial charge in [0.25, 0.3) is 0 Å². The average molecular weight is 594 g/mol. The first-order valence-electron chi connectivity index (χ1n) is 14.6. The number of nitrogens with two attached hydrogens (primary N) is 1. The van der Waals surface area contributed by atoms with Crippen molar-refractivity contribution in [3.63, 3.8) is 0 Å². The lowest BCUT2D eigenvalue weighted by molar-refractivity contribution is -0.142. The van der Waals surface area contributed by atoms with Crippen LogP contribution in [-0.4, -0.2) is 63.1 Å². The first-order chi connectivity index (χ1) is 20.4. The van der Waals surface area contributed by atoms with Gasteiger partial charge in [-0.05, 0) is 47.6 Å². The molecule has 5 unspecified atom stereocenters. The predicted octanol–water partition coefficient (Wildman–Crippen LogP) is 2.62. The number of phenols is 1. The molecule has 0 spiro atoms. The standard InChI is InChI=1S/C32H43N5O6/c1-5-19(4)28(37-29(39)24(33)14-18(2)3)31(41)35-26(16-21-17-34-25-9-7-6-8-23(21)25)30(40)36-27(32(42)43)15-20-10-12-22(38)13-11-20/h6-13,17-19,24,26-28,34,38H,5,14-16,33H2,1-4H3,(H,35,41)(H,36,40)(H,37,39)(H,42,43). The Labute approximate surface area is 251 Å². The number of aromatic amines is 1. The molecule has 43 heavy (non-hydrogen) atoms. The highest BCUT2D eigenvalue weighted by atomic mass is 16.4. The van der Waals surface area contributed by atoms with Crippen LogP contribution in [-0.2, 0) is 32.0 Å². The van der Waals surface area contributed by atoms with Crippen LogP contribution in [0.5, 0.6) is 5.75 Å². The minimum Gasteiger partial charge on any atom is -0.508 e. The number of amides is 3. The molecule has 0 aliphatic rings. The number of carbonyl (C=O) groups is 4. The van der Waals surface area contributed by atoms with Gasteiger partial charge in [-0.1, -0.05) is 64.4 Å². The molecule has 3 aromatic rings. The van der Waals surface area contributed by atoms with Gasteiger partial charge in [-0.15, -0.1) is 0 Å². The molecule has 3 rings (SSSR count). The van der Waals surface area contributed by atoms with E-state index in [0.717, 1.165) is 16.5 Å². The number of hydrogen-bond donors (Lipinski definition) is 7. The van der Waals surface area contributed by atoms with E-state index in [-0.39, 0.29) is 30.4 Å². The molecule has 3 amide bonds. The van der Waals surface area contributed by atoms with Crippen molar-refractivity contribution in [1.29, 1.82) is 0 Å². The summed E-state index contributed by atoms with van der Waals surface area (Å²) < 4.78 is 0. The molecule has 0 bridgehead atoms.